The van der Waals surface area contributed by atoms with Crippen molar-refractivity contribution in [2.45, 2.75) is 43.6 Å². The van der Waals surface area contributed by atoms with Crippen LogP contribution in [-0.2, 0) is 0 Å². The van der Waals surface area contributed by atoms with E-state index in [4.69, 9.17) is 21.7 Å². The molecule has 1 aromatic rings. The number of allylic oxidation sites excluding steroid dienone is 1. The molecule has 0 radical (unpaired) electrons. The summed E-state index contributed by atoms with van der Waals surface area (Å²) < 4.78 is 20.3. The fourth-order valence-electron chi connectivity index (χ4n) is 5.11. The quantitative estimate of drug-likeness (QED) is 0.625. The first-order chi connectivity index (χ1) is 15.8. The maximum Gasteiger partial charge on any atom is 0.258 e. The highest BCUT2D eigenvalue weighted by Gasteiger charge is 2.45. The number of nitrogens with zero attached hydrogens (tertiary/aromatic N) is 3. The molecule has 4 heterocycles. The van der Waals surface area contributed by atoms with Crippen LogP contribution >= 0.6 is 11.6 Å². The maximum absolute atomic E-state index is 14.1. The van der Waals surface area contributed by atoms with Gasteiger partial charge in [0.05, 0.1) is 35.5 Å². The monoisotopic (exact) mass is 473 g/mol. The highest BCUT2D eigenvalue weighted by atomic mass is 35.5. The van der Waals surface area contributed by atoms with Crippen LogP contribution in [0.5, 0.6) is 5.75 Å². The SMILES string of the molecule is CN1C2CC(Oc3cc(F)ccc3C(=O)N3CC(=N)/C(=C4/N=CC(Cl)=CN4)C3)CC1[C@@H](O)C2. The molecular weight excluding hydrogens is 449 g/mol. The Bertz CT molecular complexity index is 1100. The lowest BCUT2D eigenvalue weighted by atomic mass is 10.00. The number of aliphatic imine (C=N–C) groups is 1. The van der Waals surface area contributed by atoms with Gasteiger partial charge in [-0.15, -0.1) is 0 Å². The van der Waals surface area contributed by atoms with Crippen molar-refractivity contribution in [3.05, 3.63) is 52.2 Å². The topological polar surface area (TPSA) is 101 Å². The number of hydrogen-bond acceptors (Lipinski definition) is 7. The second-order valence-electron chi connectivity index (χ2n) is 8.94. The number of benzene rings is 1. The Morgan fingerprint density at radius 3 is 2.88 bits per heavy atom. The van der Waals surface area contributed by atoms with Gasteiger partial charge in [0, 0.05) is 42.6 Å². The van der Waals surface area contributed by atoms with Gasteiger partial charge in [-0.05, 0) is 32.0 Å². The zero-order chi connectivity index (χ0) is 23.3. The summed E-state index contributed by atoms with van der Waals surface area (Å²) in [7, 11) is 2.00. The van der Waals surface area contributed by atoms with E-state index in [9.17, 15) is 14.3 Å². The number of rotatable bonds is 3. The van der Waals surface area contributed by atoms with Crippen LogP contribution in [0.2, 0.25) is 0 Å². The summed E-state index contributed by atoms with van der Waals surface area (Å²) in [5.74, 6) is -0.149. The molecule has 1 amide bonds. The Morgan fingerprint density at radius 1 is 1.33 bits per heavy atom. The van der Waals surface area contributed by atoms with Gasteiger partial charge in [-0.3, -0.25) is 9.69 Å². The van der Waals surface area contributed by atoms with Gasteiger partial charge in [0.1, 0.15) is 23.5 Å². The van der Waals surface area contributed by atoms with E-state index in [1.54, 1.807) is 6.20 Å². The zero-order valence-corrected chi connectivity index (χ0v) is 18.8. The summed E-state index contributed by atoms with van der Waals surface area (Å²) >= 11 is 5.88. The molecule has 3 unspecified atom stereocenters. The molecule has 4 aliphatic heterocycles. The smallest absolute Gasteiger partial charge is 0.258 e. The molecule has 8 nitrogen and oxygen atoms in total. The van der Waals surface area contributed by atoms with Gasteiger partial charge in [0.25, 0.3) is 5.91 Å². The average molecular weight is 474 g/mol. The average Bonchev–Trinajstić information content (AvgIpc) is 3.22. The fourth-order valence-corrected chi connectivity index (χ4v) is 5.21. The Balaban J connectivity index is 1.35. The first-order valence-corrected chi connectivity index (χ1v) is 11.3. The number of amides is 1. The molecule has 0 spiro atoms. The highest BCUT2D eigenvalue weighted by molar-refractivity contribution is 6.39. The summed E-state index contributed by atoms with van der Waals surface area (Å²) in [5.41, 5.74) is 1.13. The van der Waals surface area contributed by atoms with Crippen molar-refractivity contribution in [3.8, 4) is 5.75 Å². The summed E-state index contributed by atoms with van der Waals surface area (Å²) in [6.45, 7) is 0.317. The molecular formula is C23H25ClFN5O3. The van der Waals surface area contributed by atoms with Crippen LogP contribution in [0.1, 0.15) is 29.6 Å². The molecule has 3 N–H and O–H groups in total. The number of hydrogen-bond donors (Lipinski definition) is 3. The number of halogens is 2. The minimum absolute atomic E-state index is 0.000740. The fraction of sp³-hybridized carbons (Fsp3) is 0.435. The zero-order valence-electron chi connectivity index (χ0n) is 18.1. The van der Waals surface area contributed by atoms with E-state index in [1.165, 1.54) is 29.3 Å². The van der Waals surface area contributed by atoms with Gasteiger partial charge in [-0.25, -0.2) is 9.38 Å². The number of carbonyl (C=O) groups excluding carboxylic acids is 1. The van der Waals surface area contributed by atoms with Crippen LogP contribution < -0.4 is 10.1 Å². The molecule has 5 rings (SSSR count). The van der Waals surface area contributed by atoms with Crippen LogP contribution in [-0.4, -0.2) is 77.2 Å². The molecule has 0 saturated carbocycles. The van der Waals surface area contributed by atoms with Crippen molar-refractivity contribution < 1.29 is 19.0 Å². The van der Waals surface area contributed by atoms with E-state index in [-0.39, 0.29) is 54.2 Å². The lowest BCUT2D eigenvalue weighted by molar-refractivity contribution is 0.0393. The minimum atomic E-state index is -0.487. The number of piperidine rings is 1. The molecule has 1 aromatic carbocycles. The number of likely N-dealkylation sites (tertiary alicyclic amines) is 1. The van der Waals surface area contributed by atoms with Gasteiger partial charge >= 0.3 is 0 Å². The van der Waals surface area contributed by atoms with E-state index in [1.807, 2.05) is 7.05 Å². The van der Waals surface area contributed by atoms with Crippen molar-refractivity contribution >= 4 is 29.4 Å². The molecule has 4 atom stereocenters. The molecule has 0 aliphatic carbocycles. The standard InChI is InChI=1S/C23H25ClFN5O3/c1-29-14-5-15(7-19(29)20(31)6-14)33-21-4-13(25)2-3-16(21)23(32)30-10-17(18(26)11-30)22-27-8-12(24)9-28-22/h2-4,8-9,14-15,19-20,26-27,31H,5-7,10-11H2,1H3/b22-17+,26-18?/t14?,15?,19?,20-/m0/s1. The highest BCUT2D eigenvalue weighted by Crippen LogP contribution is 2.37. The van der Waals surface area contributed by atoms with Gasteiger partial charge in [-0.2, -0.15) is 0 Å². The van der Waals surface area contributed by atoms with E-state index in [2.05, 4.69) is 15.2 Å². The number of aliphatic hydroxyl groups excluding tert-OH is 1. The number of carbonyl (C=O) groups is 1. The Hall–Kier alpha value is -2.75. The number of ether oxygens (including phenoxy) is 1. The normalized spacial score (nSPS) is 31.6. The Kier molecular flexibility index (Phi) is 5.72. The second kappa shape index (κ2) is 8.55. The first kappa shape index (κ1) is 22.1. The minimum Gasteiger partial charge on any atom is -0.489 e. The van der Waals surface area contributed by atoms with Gasteiger partial charge in [0.15, 0.2) is 0 Å². The summed E-state index contributed by atoms with van der Waals surface area (Å²) in [5, 5.41) is 22.0. The molecule has 2 bridgehead atoms. The number of nitrogens with one attached hydrogen (secondary N) is 2. The molecule has 3 fully saturated rings. The van der Waals surface area contributed by atoms with Crippen molar-refractivity contribution in [2.75, 3.05) is 20.1 Å². The molecule has 4 aliphatic rings. The first-order valence-electron chi connectivity index (χ1n) is 10.9. The Morgan fingerprint density at radius 2 is 2.15 bits per heavy atom. The van der Waals surface area contributed by atoms with Crippen LogP contribution in [0.4, 0.5) is 4.39 Å². The lowest BCUT2D eigenvalue weighted by Gasteiger charge is -2.36. The van der Waals surface area contributed by atoms with Gasteiger partial charge in [0.2, 0.25) is 0 Å². The van der Waals surface area contributed by atoms with Crippen LogP contribution in [0.15, 0.2) is 45.8 Å². The van der Waals surface area contributed by atoms with Crippen molar-refractivity contribution in [1.29, 1.82) is 5.41 Å². The van der Waals surface area contributed by atoms with Crippen molar-refractivity contribution in [1.82, 2.24) is 15.1 Å². The van der Waals surface area contributed by atoms with E-state index >= 15 is 0 Å². The van der Waals surface area contributed by atoms with Gasteiger partial charge < -0.3 is 25.5 Å². The number of aliphatic hydroxyl groups is 1. The maximum atomic E-state index is 14.1. The largest absolute Gasteiger partial charge is 0.489 e. The number of likely N-dealkylation sites (N-methyl/N-ethyl adjacent to an activating group) is 1. The van der Waals surface area contributed by atoms with E-state index in [0.717, 1.165) is 0 Å². The summed E-state index contributed by atoms with van der Waals surface area (Å²) in [4.78, 5) is 21.3. The van der Waals surface area contributed by atoms with E-state index in [0.29, 0.717) is 35.7 Å². The van der Waals surface area contributed by atoms with Crippen LogP contribution in [0.3, 0.4) is 0 Å². The molecule has 3 saturated heterocycles. The molecule has 10 heteroatoms. The lowest BCUT2D eigenvalue weighted by Crippen LogP contribution is -2.46. The third-order valence-electron chi connectivity index (χ3n) is 6.86. The van der Waals surface area contributed by atoms with E-state index < -0.39 is 11.9 Å². The van der Waals surface area contributed by atoms with Crippen LogP contribution in [0, 0.1) is 11.2 Å². The molecule has 0 aromatic heterocycles. The number of fused-ring (bicyclic) bond motifs is 2. The van der Waals surface area contributed by atoms with Gasteiger partial charge in [-0.1, -0.05) is 11.6 Å². The molecule has 174 valence electrons. The Labute approximate surface area is 195 Å². The predicted molar refractivity (Wildman–Crippen MR) is 122 cm³/mol. The second-order valence-corrected chi connectivity index (χ2v) is 9.38. The van der Waals surface area contributed by atoms with Crippen molar-refractivity contribution in [3.63, 3.8) is 0 Å². The summed E-state index contributed by atoms with van der Waals surface area (Å²) in [6.07, 6.45) is 4.46. The third-order valence-corrected chi connectivity index (χ3v) is 7.07. The summed E-state index contributed by atoms with van der Waals surface area (Å²) in [6, 6.07) is 4.11. The van der Waals surface area contributed by atoms with Crippen molar-refractivity contribution in [2.24, 2.45) is 4.99 Å². The molecule has 33 heavy (non-hydrogen) atoms. The predicted octanol–water partition coefficient (Wildman–Crippen LogP) is 2.24. The third kappa shape index (κ3) is 4.16. The van der Waals surface area contributed by atoms with Crippen LogP contribution in [0.25, 0.3) is 0 Å².